The van der Waals surface area contributed by atoms with E-state index >= 15 is 0 Å². The van der Waals surface area contributed by atoms with Crippen LogP contribution >= 0.6 is 22.9 Å². The molecular weight excluding hydrogens is 290 g/mol. The fourth-order valence-electron chi connectivity index (χ4n) is 2.25. The van der Waals surface area contributed by atoms with Crippen LogP contribution in [0.15, 0.2) is 42.6 Å². The van der Waals surface area contributed by atoms with Crippen LogP contribution < -0.4 is 4.74 Å². The molecule has 3 aromatic rings. The van der Waals surface area contributed by atoms with Crippen molar-refractivity contribution in [1.29, 1.82) is 0 Å². The number of nitrogens with zero attached hydrogens (tertiary/aromatic N) is 1. The maximum atomic E-state index is 5.83. The van der Waals surface area contributed by atoms with Gasteiger partial charge in [0, 0.05) is 17.5 Å². The van der Waals surface area contributed by atoms with Crippen LogP contribution in [0, 0.1) is 0 Å². The summed E-state index contributed by atoms with van der Waals surface area (Å²) in [4.78, 5) is 5.55. The second-order valence-corrected chi connectivity index (χ2v) is 6.00. The molecule has 0 unspecified atom stereocenters. The molecule has 1 heterocycles. The summed E-state index contributed by atoms with van der Waals surface area (Å²) in [6.45, 7) is 0. The van der Waals surface area contributed by atoms with Crippen LogP contribution in [0.2, 0.25) is 0 Å². The third kappa shape index (κ3) is 2.65. The highest BCUT2D eigenvalue weighted by atomic mass is 35.5. The van der Waals surface area contributed by atoms with Gasteiger partial charge < -0.3 is 4.74 Å². The second-order valence-electron chi connectivity index (χ2n) is 4.53. The molecule has 0 radical (unpaired) electrons. The molecule has 4 heteroatoms. The van der Waals surface area contributed by atoms with Crippen LogP contribution in [-0.2, 0) is 12.3 Å². The largest absolute Gasteiger partial charge is 0.497 e. The lowest BCUT2D eigenvalue weighted by atomic mass is 10.0. The van der Waals surface area contributed by atoms with Gasteiger partial charge in [-0.3, -0.25) is 0 Å². The van der Waals surface area contributed by atoms with E-state index in [1.165, 1.54) is 16.3 Å². The van der Waals surface area contributed by atoms with Gasteiger partial charge in [0.2, 0.25) is 0 Å². The molecule has 0 amide bonds. The minimum Gasteiger partial charge on any atom is -0.497 e. The second kappa shape index (κ2) is 5.81. The molecule has 0 bridgehead atoms. The van der Waals surface area contributed by atoms with Gasteiger partial charge in [-0.15, -0.1) is 22.9 Å². The molecule has 0 fully saturated rings. The number of alkyl halides is 1. The van der Waals surface area contributed by atoms with Crippen molar-refractivity contribution in [1.82, 2.24) is 4.98 Å². The molecule has 1 aromatic heterocycles. The lowest BCUT2D eigenvalue weighted by Gasteiger charge is -2.07. The number of halogens is 1. The summed E-state index contributed by atoms with van der Waals surface area (Å²) in [5.41, 5.74) is 1.26. The Kier molecular flexibility index (Phi) is 3.90. The first-order valence-corrected chi connectivity index (χ1v) is 7.70. The minimum atomic E-state index is 0.529. The van der Waals surface area contributed by atoms with E-state index in [-0.39, 0.29) is 0 Å². The summed E-state index contributed by atoms with van der Waals surface area (Å²) in [5, 5.41) is 3.53. The van der Waals surface area contributed by atoms with Crippen LogP contribution in [0.5, 0.6) is 5.75 Å². The number of ether oxygens (including phenoxy) is 1. The van der Waals surface area contributed by atoms with Gasteiger partial charge in [-0.1, -0.05) is 24.3 Å². The Balaban J connectivity index is 2.01. The highest BCUT2D eigenvalue weighted by molar-refractivity contribution is 7.11. The molecule has 0 aliphatic rings. The third-order valence-electron chi connectivity index (χ3n) is 3.25. The SMILES string of the molecule is COc1ccc2cccc(Cc3ncc(CCl)s3)c2c1. The van der Waals surface area contributed by atoms with Gasteiger partial charge in [-0.2, -0.15) is 0 Å². The molecule has 102 valence electrons. The van der Waals surface area contributed by atoms with Crippen molar-refractivity contribution in [2.45, 2.75) is 12.3 Å². The standard InChI is InChI=1S/C16H14ClNOS/c1-19-13-6-5-11-3-2-4-12(15(11)8-13)7-16-18-10-14(9-17)20-16/h2-6,8,10H,7,9H2,1H3. The number of thiazole rings is 1. The van der Waals surface area contributed by atoms with E-state index < -0.39 is 0 Å². The predicted molar refractivity (Wildman–Crippen MR) is 85.0 cm³/mol. The summed E-state index contributed by atoms with van der Waals surface area (Å²) in [7, 11) is 1.69. The molecule has 2 nitrogen and oxygen atoms in total. The Labute approximate surface area is 127 Å². The Bertz CT molecular complexity index is 738. The zero-order valence-corrected chi connectivity index (χ0v) is 12.7. The molecule has 0 aliphatic carbocycles. The maximum absolute atomic E-state index is 5.83. The minimum absolute atomic E-state index is 0.529. The molecule has 3 rings (SSSR count). The first kappa shape index (κ1) is 13.4. The van der Waals surface area contributed by atoms with Gasteiger partial charge in [0.05, 0.1) is 18.0 Å². The molecule has 0 atom stereocenters. The summed E-state index contributed by atoms with van der Waals surface area (Å²) in [6, 6.07) is 12.5. The Morgan fingerprint density at radius 1 is 1.25 bits per heavy atom. The van der Waals surface area contributed by atoms with Crippen LogP contribution in [0.3, 0.4) is 0 Å². The molecule has 0 aliphatic heterocycles. The van der Waals surface area contributed by atoms with Crippen molar-refractivity contribution >= 4 is 33.7 Å². The Morgan fingerprint density at radius 2 is 2.15 bits per heavy atom. The number of aromatic nitrogens is 1. The van der Waals surface area contributed by atoms with Crippen molar-refractivity contribution in [2.75, 3.05) is 7.11 Å². The van der Waals surface area contributed by atoms with E-state index in [1.54, 1.807) is 18.4 Å². The number of methoxy groups -OCH3 is 1. The topological polar surface area (TPSA) is 22.1 Å². The Morgan fingerprint density at radius 3 is 2.90 bits per heavy atom. The first-order chi connectivity index (χ1) is 9.80. The van der Waals surface area contributed by atoms with Crippen molar-refractivity contribution in [3.8, 4) is 5.75 Å². The molecule has 0 spiro atoms. The van der Waals surface area contributed by atoms with Gasteiger partial charge >= 0.3 is 0 Å². The van der Waals surface area contributed by atoms with Crippen LogP contribution in [0.25, 0.3) is 10.8 Å². The van der Waals surface area contributed by atoms with Crippen molar-refractivity contribution < 1.29 is 4.74 Å². The number of rotatable bonds is 4. The van der Waals surface area contributed by atoms with Crippen LogP contribution in [-0.4, -0.2) is 12.1 Å². The van der Waals surface area contributed by atoms with Gasteiger partial charge in [0.15, 0.2) is 0 Å². The number of fused-ring (bicyclic) bond motifs is 1. The van der Waals surface area contributed by atoms with Crippen LogP contribution in [0.1, 0.15) is 15.4 Å². The van der Waals surface area contributed by atoms with E-state index in [1.807, 2.05) is 12.3 Å². The summed E-state index contributed by atoms with van der Waals surface area (Å²) in [6.07, 6.45) is 2.69. The van der Waals surface area contributed by atoms with Gasteiger partial charge in [0.25, 0.3) is 0 Å². The maximum Gasteiger partial charge on any atom is 0.119 e. The van der Waals surface area contributed by atoms with E-state index in [4.69, 9.17) is 16.3 Å². The average molecular weight is 304 g/mol. The normalized spacial score (nSPS) is 10.9. The monoisotopic (exact) mass is 303 g/mol. The molecule has 0 saturated heterocycles. The number of hydrogen-bond donors (Lipinski definition) is 0. The molecule has 0 N–H and O–H groups in total. The first-order valence-electron chi connectivity index (χ1n) is 6.35. The molecular formula is C16H14ClNOS. The van der Waals surface area contributed by atoms with E-state index in [9.17, 15) is 0 Å². The van der Waals surface area contributed by atoms with Gasteiger partial charge in [-0.05, 0) is 28.5 Å². The quantitative estimate of drug-likeness (QED) is 0.655. The summed E-state index contributed by atoms with van der Waals surface area (Å²) in [5.74, 6) is 1.41. The lowest BCUT2D eigenvalue weighted by molar-refractivity contribution is 0.415. The number of hydrogen-bond acceptors (Lipinski definition) is 3. The highest BCUT2D eigenvalue weighted by Crippen LogP contribution is 2.27. The highest BCUT2D eigenvalue weighted by Gasteiger charge is 2.07. The van der Waals surface area contributed by atoms with E-state index in [0.717, 1.165) is 22.1 Å². The molecule has 20 heavy (non-hydrogen) atoms. The fourth-order valence-corrected chi connectivity index (χ4v) is 3.28. The van der Waals surface area contributed by atoms with E-state index in [0.29, 0.717) is 5.88 Å². The van der Waals surface area contributed by atoms with Crippen molar-refractivity contribution in [3.05, 3.63) is 58.0 Å². The molecule has 0 saturated carbocycles. The van der Waals surface area contributed by atoms with Crippen LogP contribution in [0.4, 0.5) is 0 Å². The number of benzene rings is 2. The Hall–Kier alpha value is -1.58. The van der Waals surface area contributed by atoms with Crippen molar-refractivity contribution in [3.63, 3.8) is 0 Å². The fraction of sp³-hybridized carbons (Fsp3) is 0.188. The predicted octanol–water partition coefficient (Wildman–Crippen LogP) is 4.63. The molecule has 2 aromatic carbocycles. The lowest BCUT2D eigenvalue weighted by Crippen LogP contribution is -1.90. The zero-order valence-electron chi connectivity index (χ0n) is 11.1. The van der Waals surface area contributed by atoms with Gasteiger partial charge in [-0.25, -0.2) is 4.98 Å². The third-order valence-corrected chi connectivity index (χ3v) is 4.70. The van der Waals surface area contributed by atoms with Crippen molar-refractivity contribution in [2.24, 2.45) is 0 Å². The van der Waals surface area contributed by atoms with E-state index in [2.05, 4.69) is 35.3 Å². The van der Waals surface area contributed by atoms with Gasteiger partial charge in [0.1, 0.15) is 5.75 Å². The summed E-state index contributed by atoms with van der Waals surface area (Å²) >= 11 is 7.50. The summed E-state index contributed by atoms with van der Waals surface area (Å²) < 4.78 is 5.32. The smallest absolute Gasteiger partial charge is 0.119 e. The average Bonchev–Trinajstić information content (AvgIpc) is 2.95. The zero-order chi connectivity index (χ0) is 13.9.